The Bertz CT molecular complexity index is 1760. The first-order valence-corrected chi connectivity index (χ1v) is 19.6. The number of nitrogens with two attached hydrogens (primary N) is 4. The number of halogens is 6. The molecule has 3 aliphatic rings. The van der Waals surface area contributed by atoms with Gasteiger partial charge in [-0.2, -0.15) is 0 Å². The number of hydrogen-bond acceptors (Lipinski definition) is 16. The monoisotopic (exact) mass is 986 g/mol. The molecule has 3 aromatic heterocycles. The van der Waals surface area contributed by atoms with Gasteiger partial charge in [-0.15, -0.1) is 58.8 Å². The minimum atomic E-state index is -0.461. The first-order chi connectivity index (χ1) is 27.9. The van der Waals surface area contributed by atoms with Gasteiger partial charge in [0.15, 0.2) is 0 Å². The minimum absolute atomic E-state index is 0. The number of likely N-dealkylation sites (N-methyl/N-ethyl adjacent to an activating group) is 3. The van der Waals surface area contributed by atoms with E-state index in [2.05, 4.69) is 46.1 Å². The van der Waals surface area contributed by atoms with Crippen molar-refractivity contribution in [3.8, 4) is 0 Å². The van der Waals surface area contributed by atoms with Crippen LogP contribution in [0, 0.1) is 10.8 Å². The second-order valence-electron chi connectivity index (χ2n) is 11.7. The highest BCUT2D eigenvalue weighted by molar-refractivity contribution is 7.17. The van der Waals surface area contributed by atoms with Crippen LogP contribution in [0.25, 0.3) is 0 Å². The molecule has 0 saturated heterocycles. The number of carboxylic acid groups (broad SMARTS) is 1. The van der Waals surface area contributed by atoms with Crippen LogP contribution in [-0.4, -0.2) is 96.1 Å². The van der Waals surface area contributed by atoms with Crippen LogP contribution in [0.4, 0.5) is 33.3 Å². The minimum Gasteiger partial charge on any atom is -0.483 e. The number of nitrogen functional groups attached to an aromatic ring is 1. The molecule has 354 valence electrons. The average Bonchev–Trinajstić information content (AvgIpc) is 3.90. The van der Waals surface area contributed by atoms with Crippen molar-refractivity contribution >= 4 is 111 Å². The van der Waals surface area contributed by atoms with E-state index < -0.39 is 17.7 Å². The Labute approximate surface area is 381 Å². The lowest BCUT2D eigenvalue weighted by Gasteiger charge is -2.25. The summed E-state index contributed by atoms with van der Waals surface area (Å²) >= 11 is 4.40. The van der Waals surface area contributed by atoms with Gasteiger partial charge in [0.2, 0.25) is 12.8 Å². The summed E-state index contributed by atoms with van der Waals surface area (Å²) in [5.41, 5.74) is 26.5. The molecule has 19 nitrogen and oxygen atoms in total. The van der Waals surface area contributed by atoms with Gasteiger partial charge >= 0.3 is 0 Å². The quantitative estimate of drug-likeness (QED) is 0.0712. The molecule has 28 heteroatoms. The fraction of sp³-hybridized carbons (Fsp3) is 0.471. The molecular formula is C34H56Cl2F4N12O7S3. The highest BCUT2D eigenvalue weighted by atomic mass is 35.5. The van der Waals surface area contributed by atoms with Crippen LogP contribution in [0.3, 0.4) is 0 Å². The van der Waals surface area contributed by atoms with Crippen LogP contribution in [0.2, 0.25) is 0 Å². The van der Waals surface area contributed by atoms with E-state index in [0.29, 0.717) is 44.5 Å². The van der Waals surface area contributed by atoms with Crippen LogP contribution in [-0.2, 0) is 53.3 Å². The van der Waals surface area contributed by atoms with Gasteiger partial charge in [0, 0.05) is 83.0 Å². The Balaban J connectivity index is -0.000000233. The summed E-state index contributed by atoms with van der Waals surface area (Å²) in [5, 5.41) is 25.8. The summed E-state index contributed by atoms with van der Waals surface area (Å²) in [7, 11) is 0. The van der Waals surface area contributed by atoms with Gasteiger partial charge in [-0.3, -0.25) is 43.5 Å². The first kappa shape index (κ1) is 66.4. The molecule has 5 amide bonds. The summed E-state index contributed by atoms with van der Waals surface area (Å²) in [4.78, 5) is 73.9. The SMILES string of the molecule is C.CCN1CCc2c(sc(N)c2C(N)=O)C1.CCN1CCc2c(sc(NC=O)c2C(N)=O)C1.CCN1CCc2c(sc(NC=O)c2C(N)=O)C1.Cl.Cl.FF.FF.N.N#N.O=CO. The van der Waals surface area contributed by atoms with Crippen molar-refractivity contribution in [3.05, 3.63) is 48.0 Å². The number of hydrogen-bond donors (Lipinski definition) is 8. The zero-order chi connectivity index (χ0) is 44.5. The lowest BCUT2D eigenvalue weighted by Crippen LogP contribution is -2.30. The van der Waals surface area contributed by atoms with E-state index in [9.17, 15) is 24.0 Å². The van der Waals surface area contributed by atoms with E-state index in [-0.39, 0.29) is 44.9 Å². The van der Waals surface area contributed by atoms with Crippen LogP contribution in [0.15, 0.2) is 0 Å². The maximum atomic E-state index is 11.4. The smallest absolute Gasteiger partial charge is 0.290 e. The molecule has 0 fully saturated rings. The summed E-state index contributed by atoms with van der Waals surface area (Å²) in [6.45, 7) is 14.5. The molecule has 0 aliphatic carbocycles. The standard InChI is InChI=1S/2C11H15N3O2S.C10H15N3OS.CH2O2.CH4.2ClH.2F2.N2.H3N/c2*1-2-14-4-3-7-8(5-14)17-11(13-6-15)9(7)10(12)16;1-2-13-4-3-6-7(5-13)15-10(12)8(6)9(11)14;2-1-3;;;;3*1-2;/h2*6H,2-5H2,1H3,(H2,12,16)(H,13,15);2-5,12H2,1H3,(H2,11,14);1H,(H,2,3);1H4;2*1H;;;;1H3. The number of carbonyl (C=O) groups is 6. The summed E-state index contributed by atoms with van der Waals surface area (Å²) in [6.07, 6.45) is 3.69. The molecule has 0 radical (unpaired) electrons. The average molecular weight is 988 g/mol. The van der Waals surface area contributed by atoms with Crippen molar-refractivity contribution in [1.82, 2.24) is 20.9 Å². The normalized spacial score (nSPS) is 12.8. The van der Waals surface area contributed by atoms with Crippen molar-refractivity contribution < 1.29 is 52.2 Å². The molecule has 6 rings (SSSR count). The van der Waals surface area contributed by atoms with E-state index in [0.717, 1.165) is 105 Å². The lowest BCUT2D eigenvalue weighted by atomic mass is 10.0. The predicted molar refractivity (Wildman–Crippen MR) is 239 cm³/mol. The molecule has 3 aliphatic heterocycles. The van der Waals surface area contributed by atoms with Gasteiger partial charge in [0.1, 0.15) is 10.0 Å². The number of primary amides is 3. The summed E-state index contributed by atoms with van der Waals surface area (Å²) < 4.78 is 32.0. The van der Waals surface area contributed by atoms with Gasteiger partial charge in [-0.1, -0.05) is 28.2 Å². The highest BCUT2D eigenvalue weighted by Crippen LogP contribution is 2.38. The Morgan fingerprint density at radius 2 is 0.903 bits per heavy atom. The number of nitrogens with zero attached hydrogens (tertiary/aromatic N) is 5. The topological polar surface area (TPSA) is 343 Å². The fourth-order valence-corrected chi connectivity index (χ4v) is 9.98. The van der Waals surface area contributed by atoms with Crippen molar-refractivity contribution in [2.24, 2.45) is 17.2 Å². The number of thiophene rings is 3. The Morgan fingerprint density at radius 3 is 1.15 bits per heavy atom. The number of anilines is 3. The van der Waals surface area contributed by atoms with Crippen LogP contribution < -0.4 is 39.7 Å². The van der Waals surface area contributed by atoms with Crippen LogP contribution >= 0.6 is 58.8 Å². The summed E-state index contributed by atoms with van der Waals surface area (Å²) in [6, 6.07) is 0. The largest absolute Gasteiger partial charge is 0.483 e. The maximum absolute atomic E-state index is 11.4. The highest BCUT2D eigenvalue weighted by Gasteiger charge is 2.28. The third kappa shape index (κ3) is 18.3. The van der Waals surface area contributed by atoms with Gasteiger partial charge in [-0.25, -0.2) is 0 Å². The Hall–Kier alpha value is -4.72. The summed E-state index contributed by atoms with van der Waals surface area (Å²) in [5.74, 6) is -1.32. The molecule has 0 spiro atoms. The molecule has 0 atom stereocenters. The van der Waals surface area contributed by atoms with E-state index in [1.807, 2.05) is 0 Å². The zero-order valence-corrected chi connectivity index (χ0v) is 37.5. The molecule has 0 aromatic carbocycles. The Morgan fingerprint density at radius 1 is 0.645 bits per heavy atom. The number of nitrogens with one attached hydrogen (secondary N) is 2. The number of rotatable bonds is 10. The van der Waals surface area contributed by atoms with E-state index in [4.69, 9.17) is 61.9 Å². The molecule has 0 unspecified atom stereocenters. The molecule has 14 N–H and O–H groups in total. The maximum Gasteiger partial charge on any atom is 0.290 e. The fourth-order valence-electron chi connectivity index (χ4n) is 6.30. The second kappa shape index (κ2) is 35.8. The van der Waals surface area contributed by atoms with E-state index in [1.54, 1.807) is 0 Å². The van der Waals surface area contributed by atoms with Crippen LogP contribution in [0.5, 0.6) is 0 Å². The first-order valence-electron chi connectivity index (χ1n) is 17.1. The van der Waals surface area contributed by atoms with Crippen LogP contribution in [0.1, 0.15) is 90.6 Å². The number of amides is 5. The van der Waals surface area contributed by atoms with Crippen molar-refractivity contribution in [2.45, 2.75) is 67.1 Å². The van der Waals surface area contributed by atoms with E-state index >= 15 is 0 Å². The van der Waals surface area contributed by atoms with Crippen molar-refractivity contribution in [3.63, 3.8) is 0 Å². The number of carbonyl (C=O) groups excluding carboxylic acids is 5. The van der Waals surface area contributed by atoms with E-state index in [1.165, 1.54) is 38.9 Å². The molecule has 0 bridgehead atoms. The zero-order valence-electron chi connectivity index (χ0n) is 33.4. The Kier molecular flexibility index (Phi) is 38.4. The molecule has 6 heterocycles. The van der Waals surface area contributed by atoms with Gasteiger partial charge in [0.25, 0.3) is 24.2 Å². The predicted octanol–water partition coefficient (Wildman–Crippen LogP) is 5.45. The van der Waals surface area contributed by atoms with Gasteiger partial charge in [0.05, 0.1) is 21.7 Å². The van der Waals surface area contributed by atoms with Gasteiger partial charge < -0.3 is 44.8 Å². The third-order valence-corrected chi connectivity index (χ3v) is 12.2. The van der Waals surface area contributed by atoms with Crippen molar-refractivity contribution in [2.75, 3.05) is 55.6 Å². The molecular weight excluding hydrogens is 932 g/mol. The molecule has 3 aromatic rings. The third-order valence-electron chi connectivity index (χ3n) is 8.90. The van der Waals surface area contributed by atoms with Gasteiger partial charge in [-0.05, 0) is 55.6 Å². The number of fused-ring (bicyclic) bond motifs is 3. The second-order valence-corrected chi connectivity index (χ2v) is 15.1. The molecule has 0 saturated carbocycles. The molecule has 62 heavy (non-hydrogen) atoms. The van der Waals surface area contributed by atoms with Crippen molar-refractivity contribution in [1.29, 1.82) is 10.8 Å². The lowest BCUT2D eigenvalue weighted by molar-refractivity contribution is -0.123.